The molecule has 4 aliphatic heterocycles. The summed E-state index contributed by atoms with van der Waals surface area (Å²) in [7, 11) is -3.94. The van der Waals surface area contributed by atoms with Crippen molar-refractivity contribution in [1.82, 2.24) is 19.8 Å². The van der Waals surface area contributed by atoms with E-state index in [4.69, 9.17) is 16.3 Å². The summed E-state index contributed by atoms with van der Waals surface area (Å²) >= 11 is 6.49. The number of carbonyl (C=O) groups excluding carboxylic acids is 1. The van der Waals surface area contributed by atoms with Crippen LogP contribution in [0.3, 0.4) is 0 Å². The van der Waals surface area contributed by atoms with E-state index in [9.17, 15) is 18.3 Å². The Hall–Kier alpha value is -2.41. The van der Waals surface area contributed by atoms with Gasteiger partial charge in [0, 0.05) is 80.9 Å². The zero-order valence-electron chi connectivity index (χ0n) is 30.8. The molecule has 3 fully saturated rings. The molecule has 2 aromatic rings. The van der Waals surface area contributed by atoms with Gasteiger partial charge in [-0.15, -0.1) is 0 Å². The summed E-state index contributed by atoms with van der Waals surface area (Å²) in [5.41, 5.74) is 2.48. The van der Waals surface area contributed by atoms with Crippen molar-refractivity contribution in [3.8, 4) is 5.75 Å². The third kappa shape index (κ3) is 6.99. The van der Waals surface area contributed by atoms with Crippen molar-refractivity contribution in [3.05, 3.63) is 58.1 Å². The second-order valence-electron chi connectivity index (χ2n) is 17.0. The largest absolute Gasteiger partial charge is 0.490 e. The van der Waals surface area contributed by atoms with Crippen LogP contribution in [0.15, 0.2) is 36.4 Å². The van der Waals surface area contributed by atoms with Crippen LogP contribution in [0.2, 0.25) is 5.02 Å². The van der Waals surface area contributed by atoms with Gasteiger partial charge in [-0.05, 0) is 111 Å². The van der Waals surface area contributed by atoms with Crippen LogP contribution in [-0.4, -0.2) is 112 Å². The molecule has 8 rings (SSSR count). The molecule has 0 radical (unpaired) electrons. The number of sulfonamides is 1. The monoisotopic (exact) mass is 753 g/mol. The Morgan fingerprint density at radius 1 is 1.02 bits per heavy atom. The Labute approximate surface area is 314 Å². The molecule has 4 heterocycles. The average Bonchev–Trinajstić information content (AvgIpc) is 3.25. The van der Waals surface area contributed by atoms with Gasteiger partial charge in [0.15, 0.2) is 0 Å². The van der Waals surface area contributed by atoms with Gasteiger partial charge >= 0.3 is 0 Å². The lowest BCUT2D eigenvalue weighted by Gasteiger charge is -2.53. The quantitative estimate of drug-likeness (QED) is 0.410. The normalized spacial score (nSPS) is 35.6. The molecule has 1 spiro atoms. The molecule has 1 amide bonds. The molecule has 12 heteroatoms. The van der Waals surface area contributed by atoms with Crippen molar-refractivity contribution < 1.29 is 23.1 Å². The molecule has 10 nitrogen and oxygen atoms in total. The summed E-state index contributed by atoms with van der Waals surface area (Å²) in [6.45, 7) is 12.2. The number of hydrogen-bond donors (Lipinski definition) is 3. The van der Waals surface area contributed by atoms with Crippen LogP contribution in [-0.2, 0) is 21.9 Å². The maximum absolute atomic E-state index is 13.6. The Morgan fingerprint density at radius 3 is 2.71 bits per heavy atom. The van der Waals surface area contributed by atoms with Gasteiger partial charge in [0.2, 0.25) is 10.0 Å². The molecular weight excluding hydrogens is 698 g/mol. The van der Waals surface area contributed by atoms with Crippen LogP contribution in [0.4, 0.5) is 5.69 Å². The molecule has 6 aliphatic rings. The Bertz CT molecular complexity index is 1780. The fourth-order valence-electron chi connectivity index (χ4n) is 10.4. The highest BCUT2D eigenvalue weighted by Gasteiger charge is 2.50. The number of amides is 1. The minimum atomic E-state index is -3.94. The lowest BCUT2D eigenvalue weighted by molar-refractivity contribution is -0.113. The van der Waals surface area contributed by atoms with Crippen molar-refractivity contribution in [2.75, 3.05) is 70.4 Å². The Kier molecular flexibility index (Phi) is 10.1. The smallest absolute Gasteiger partial charge is 0.264 e. The fraction of sp³-hybridized carbons (Fsp3) is 0.675. The zero-order valence-corrected chi connectivity index (χ0v) is 32.4. The second kappa shape index (κ2) is 14.3. The van der Waals surface area contributed by atoms with Gasteiger partial charge in [-0.3, -0.25) is 14.6 Å². The summed E-state index contributed by atoms with van der Waals surface area (Å²) < 4.78 is 36.2. The van der Waals surface area contributed by atoms with Crippen molar-refractivity contribution in [2.24, 2.45) is 17.8 Å². The topological polar surface area (TPSA) is 114 Å². The fourth-order valence-corrected chi connectivity index (χ4v) is 11.9. The Morgan fingerprint density at radius 2 is 1.88 bits per heavy atom. The summed E-state index contributed by atoms with van der Waals surface area (Å²) in [6.07, 6.45) is 6.98. The van der Waals surface area contributed by atoms with Gasteiger partial charge in [0.1, 0.15) is 5.75 Å². The van der Waals surface area contributed by atoms with E-state index in [0.717, 1.165) is 95.0 Å². The molecule has 7 atom stereocenters. The highest BCUT2D eigenvalue weighted by molar-refractivity contribution is 7.90. The first-order valence-electron chi connectivity index (χ1n) is 19.7. The number of aryl methyl sites for hydroxylation is 1. The van der Waals surface area contributed by atoms with Gasteiger partial charge in [-0.25, -0.2) is 13.1 Å². The third-order valence-corrected chi connectivity index (χ3v) is 15.9. The minimum Gasteiger partial charge on any atom is -0.490 e. The van der Waals surface area contributed by atoms with Crippen LogP contribution in [0, 0.1) is 17.8 Å². The molecule has 3 N–H and O–H groups in total. The third-order valence-electron chi connectivity index (χ3n) is 13.8. The standard InChI is InChI=1S/C40H56ClN5O5S/c1-27-5-3-14-40(48,25-44-17-18-45-16-15-42-21-33(45)23-44)35-10-7-31(35)22-46-24-39(13-4-6-29-19-32(41)9-11-34(29)39)26-51-37-12-8-30(20-36(37)46)38(47)43-52(49,50)28(27)2/h8-9,11-12,19-20,27-28,31,33,35,42,48H,3-7,10,13-18,21-26H2,1-2H3,(H,43,47)/t27-,28+,31-,33-,35+,39-,40+/m0/s1. The van der Waals surface area contributed by atoms with Crippen LogP contribution in [0.1, 0.15) is 80.3 Å². The van der Waals surface area contributed by atoms with E-state index >= 15 is 0 Å². The first kappa shape index (κ1) is 36.6. The van der Waals surface area contributed by atoms with E-state index in [1.807, 2.05) is 25.1 Å². The molecule has 2 aliphatic carbocycles. The van der Waals surface area contributed by atoms with Gasteiger partial charge in [-0.2, -0.15) is 0 Å². The summed E-state index contributed by atoms with van der Waals surface area (Å²) in [5.74, 6) is 0.282. The van der Waals surface area contributed by atoms with Crippen LogP contribution in [0.5, 0.6) is 5.75 Å². The van der Waals surface area contributed by atoms with E-state index in [0.29, 0.717) is 49.9 Å². The van der Waals surface area contributed by atoms with Crippen molar-refractivity contribution >= 4 is 33.2 Å². The highest BCUT2D eigenvalue weighted by atomic mass is 35.5. The number of fused-ring (bicyclic) bond motifs is 5. The van der Waals surface area contributed by atoms with Gasteiger partial charge in [-0.1, -0.05) is 31.0 Å². The molecule has 2 bridgehead atoms. The number of anilines is 1. The van der Waals surface area contributed by atoms with Crippen molar-refractivity contribution in [2.45, 2.75) is 87.5 Å². The predicted octanol–water partition coefficient (Wildman–Crippen LogP) is 4.43. The van der Waals surface area contributed by atoms with Gasteiger partial charge < -0.3 is 20.1 Å². The van der Waals surface area contributed by atoms with Gasteiger partial charge in [0.05, 0.1) is 23.1 Å². The predicted molar refractivity (Wildman–Crippen MR) is 205 cm³/mol. The molecule has 2 saturated heterocycles. The number of rotatable bonds is 2. The van der Waals surface area contributed by atoms with E-state index in [1.165, 1.54) is 11.1 Å². The Balaban J connectivity index is 1.16. The molecule has 1 saturated carbocycles. The molecule has 2 aromatic carbocycles. The molecule has 0 unspecified atom stereocenters. The number of nitrogens with one attached hydrogen (secondary N) is 2. The highest BCUT2D eigenvalue weighted by Crippen LogP contribution is 2.49. The number of carbonyl (C=O) groups is 1. The number of aliphatic hydroxyl groups is 1. The van der Waals surface area contributed by atoms with Crippen LogP contribution >= 0.6 is 11.6 Å². The summed E-state index contributed by atoms with van der Waals surface area (Å²) in [4.78, 5) is 21.1. The van der Waals surface area contributed by atoms with Crippen LogP contribution in [0.25, 0.3) is 0 Å². The summed E-state index contributed by atoms with van der Waals surface area (Å²) in [6, 6.07) is 12.0. The van der Waals surface area contributed by atoms with Crippen molar-refractivity contribution in [3.63, 3.8) is 0 Å². The van der Waals surface area contributed by atoms with E-state index in [-0.39, 0.29) is 23.2 Å². The maximum Gasteiger partial charge on any atom is 0.264 e. The molecule has 284 valence electrons. The van der Waals surface area contributed by atoms with E-state index in [2.05, 4.69) is 36.9 Å². The summed E-state index contributed by atoms with van der Waals surface area (Å²) in [5, 5.41) is 16.5. The number of nitrogens with zero attached hydrogens (tertiary/aromatic N) is 3. The molecular formula is C40H56ClN5O5S. The van der Waals surface area contributed by atoms with E-state index in [1.54, 1.807) is 13.0 Å². The van der Waals surface area contributed by atoms with Crippen molar-refractivity contribution in [1.29, 1.82) is 0 Å². The number of benzene rings is 2. The maximum atomic E-state index is 13.6. The number of ether oxygens (including phenoxy) is 1. The van der Waals surface area contributed by atoms with Crippen LogP contribution < -0.4 is 19.7 Å². The minimum absolute atomic E-state index is 0.117. The molecule has 0 aromatic heterocycles. The first-order valence-corrected chi connectivity index (χ1v) is 21.6. The number of halogens is 1. The number of piperazine rings is 2. The average molecular weight is 754 g/mol. The lowest BCUT2D eigenvalue weighted by atomic mass is 9.62. The lowest BCUT2D eigenvalue weighted by Crippen LogP contribution is -2.64. The SMILES string of the molecule is C[C@@H]1[C@@H](C)CCC[C@@](O)(CN2CCN3CCNC[C@H]3C2)[C@@H]2CC[C@H]2CN2C[C@@]3(CCCc4cc(Cl)ccc43)COc3ccc(cc32)C(=O)NS1(=O)=O. The number of β-amino-alcohol motifs (C(OH)–C–C–N with tert-alkyl or cyclic N) is 1. The molecule has 52 heavy (non-hydrogen) atoms. The van der Waals surface area contributed by atoms with Gasteiger partial charge in [0.25, 0.3) is 5.91 Å². The first-order chi connectivity index (χ1) is 24.9. The second-order valence-corrected chi connectivity index (χ2v) is 19.5. The number of hydrogen-bond acceptors (Lipinski definition) is 9. The zero-order chi connectivity index (χ0) is 36.3. The van der Waals surface area contributed by atoms with E-state index < -0.39 is 26.8 Å².